The molecule has 1 amide bonds. The third kappa shape index (κ3) is 6.03. The lowest BCUT2D eigenvalue weighted by Crippen LogP contribution is -2.36. The van der Waals surface area contributed by atoms with Gasteiger partial charge in [-0.3, -0.25) is 4.79 Å². The van der Waals surface area contributed by atoms with Crippen molar-refractivity contribution < 1.29 is 23.8 Å². The number of methoxy groups -OCH3 is 1. The van der Waals surface area contributed by atoms with Gasteiger partial charge in [-0.25, -0.2) is 4.79 Å². The number of hydrogen-bond acceptors (Lipinski definition) is 5. The van der Waals surface area contributed by atoms with Crippen LogP contribution in [0, 0.1) is 0 Å². The minimum absolute atomic E-state index is 0.279. The number of likely N-dealkylation sites (N-methyl/N-ethyl adjacent to an activating group) is 1. The lowest BCUT2D eigenvalue weighted by atomic mass is 10.2. The van der Waals surface area contributed by atoms with E-state index in [1.807, 2.05) is 20.8 Å². The van der Waals surface area contributed by atoms with Gasteiger partial charge >= 0.3 is 6.09 Å². The number of carbonyl (C=O) groups excluding carboxylic acids is 2. The molecule has 0 saturated carbocycles. The first-order chi connectivity index (χ1) is 10.2. The van der Waals surface area contributed by atoms with Crippen molar-refractivity contribution in [2.24, 2.45) is 0 Å². The second-order valence-corrected chi connectivity index (χ2v) is 5.81. The maximum absolute atomic E-state index is 11.8. The van der Waals surface area contributed by atoms with Crippen LogP contribution in [0.2, 0.25) is 0 Å². The van der Waals surface area contributed by atoms with E-state index >= 15 is 0 Å². The van der Waals surface area contributed by atoms with Gasteiger partial charge in [-0.2, -0.15) is 0 Å². The van der Waals surface area contributed by atoms with Crippen molar-refractivity contribution in [3.8, 4) is 11.5 Å². The SMILES string of the molecule is COc1cc(C=O)cc(OCCN(C)C(=O)OC(C)(C)C)c1. The second kappa shape index (κ2) is 7.68. The third-order valence-corrected chi connectivity index (χ3v) is 2.67. The predicted molar refractivity (Wildman–Crippen MR) is 82.7 cm³/mol. The quantitative estimate of drug-likeness (QED) is 0.756. The Kier molecular flexibility index (Phi) is 6.22. The molecule has 0 fully saturated rings. The van der Waals surface area contributed by atoms with Crippen molar-refractivity contribution in [1.82, 2.24) is 4.90 Å². The molecule has 0 aliphatic rings. The molecule has 0 atom stereocenters. The van der Waals surface area contributed by atoms with Crippen LogP contribution in [0.5, 0.6) is 11.5 Å². The molecule has 0 aliphatic carbocycles. The summed E-state index contributed by atoms with van der Waals surface area (Å²) in [7, 11) is 3.16. The first-order valence-electron chi connectivity index (χ1n) is 6.96. The van der Waals surface area contributed by atoms with Crippen LogP contribution < -0.4 is 9.47 Å². The van der Waals surface area contributed by atoms with Crippen LogP contribution >= 0.6 is 0 Å². The van der Waals surface area contributed by atoms with E-state index in [4.69, 9.17) is 14.2 Å². The zero-order chi connectivity index (χ0) is 16.8. The topological polar surface area (TPSA) is 65.1 Å². The second-order valence-electron chi connectivity index (χ2n) is 5.81. The summed E-state index contributed by atoms with van der Waals surface area (Å²) in [5.74, 6) is 1.05. The highest BCUT2D eigenvalue weighted by molar-refractivity contribution is 5.76. The summed E-state index contributed by atoms with van der Waals surface area (Å²) in [5.41, 5.74) is -0.0625. The van der Waals surface area contributed by atoms with Crippen LogP contribution in [0.25, 0.3) is 0 Å². The van der Waals surface area contributed by atoms with E-state index in [1.54, 1.807) is 25.2 Å². The summed E-state index contributed by atoms with van der Waals surface area (Å²) in [6.45, 7) is 6.08. The number of carbonyl (C=O) groups is 2. The average Bonchev–Trinajstić information content (AvgIpc) is 2.44. The summed E-state index contributed by atoms with van der Waals surface area (Å²) in [4.78, 5) is 24.1. The highest BCUT2D eigenvalue weighted by Gasteiger charge is 2.19. The molecule has 1 rings (SSSR count). The molecule has 0 saturated heterocycles. The Morgan fingerprint density at radius 1 is 1.23 bits per heavy atom. The van der Waals surface area contributed by atoms with Crippen molar-refractivity contribution in [2.75, 3.05) is 27.3 Å². The van der Waals surface area contributed by atoms with E-state index < -0.39 is 11.7 Å². The average molecular weight is 309 g/mol. The molecule has 6 heteroatoms. The molecule has 0 bridgehead atoms. The number of aldehydes is 1. The molecule has 0 aromatic heterocycles. The smallest absolute Gasteiger partial charge is 0.410 e. The van der Waals surface area contributed by atoms with Gasteiger partial charge in [0.15, 0.2) is 0 Å². The Morgan fingerprint density at radius 3 is 2.41 bits per heavy atom. The predicted octanol–water partition coefficient (Wildman–Crippen LogP) is 2.75. The maximum Gasteiger partial charge on any atom is 0.410 e. The Balaban J connectivity index is 2.53. The summed E-state index contributed by atoms with van der Waals surface area (Å²) < 4.78 is 15.9. The lowest BCUT2D eigenvalue weighted by molar-refractivity contribution is 0.0278. The Morgan fingerprint density at radius 2 is 1.86 bits per heavy atom. The first-order valence-corrected chi connectivity index (χ1v) is 6.96. The standard InChI is InChI=1S/C16H23NO5/c1-16(2,3)22-15(19)17(4)6-7-21-14-9-12(11-18)8-13(10-14)20-5/h8-11H,6-7H2,1-5H3. The van der Waals surface area contributed by atoms with Gasteiger partial charge in [0.2, 0.25) is 0 Å². The van der Waals surface area contributed by atoms with Gasteiger partial charge in [-0.15, -0.1) is 0 Å². The van der Waals surface area contributed by atoms with Gasteiger partial charge in [-0.05, 0) is 32.9 Å². The van der Waals surface area contributed by atoms with Crippen LogP contribution in [0.4, 0.5) is 4.79 Å². The molecule has 22 heavy (non-hydrogen) atoms. The summed E-state index contributed by atoms with van der Waals surface area (Å²) >= 11 is 0. The number of hydrogen-bond donors (Lipinski definition) is 0. The number of nitrogens with zero attached hydrogens (tertiary/aromatic N) is 1. The molecule has 6 nitrogen and oxygen atoms in total. The van der Waals surface area contributed by atoms with Gasteiger partial charge < -0.3 is 19.1 Å². The van der Waals surface area contributed by atoms with Gasteiger partial charge in [-0.1, -0.05) is 0 Å². The van der Waals surface area contributed by atoms with Crippen LogP contribution in [0.15, 0.2) is 18.2 Å². The highest BCUT2D eigenvalue weighted by atomic mass is 16.6. The van der Waals surface area contributed by atoms with Crippen molar-refractivity contribution in [2.45, 2.75) is 26.4 Å². The fourth-order valence-electron chi connectivity index (χ4n) is 1.59. The summed E-state index contributed by atoms with van der Waals surface area (Å²) in [6.07, 6.45) is 0.317. The van der Waals surface area contributed by atoms with E-state index in [-0.39, 0.29) is 6.61 Å². The Labute approximate surface area is 131 Å². The van der Waals surface area contributed by atoms with Gasteiger partial charge in [0, 0.05) is 18.7 Å². The molecule has 1 aromatic carbocycles. The van der Waals surface area contributed by atoms with Crippen molar-refractivity contribution >= 4 is 12.4 Å². The number of benzene rings is 1. The van der Waals surface area contributed by atoms with E-state index in [9.17, 15) is 9.59 Å². The summed E-state index contributed by atoms with van der Waals surface area (Å²) in [6, 6.07) is 4.91. The van der Waals surface area contributed by atoms with Gasteiger partial charge in [0.25, 0.3) is 0 Å². The van der Waals surface area contributed by atoms with E-state index in [0.29, 0.717) is 23.6 Å². The maximum atomic E-state index is 11.8. The number of amides is 1. The molecule has 0 N–H and O–H groups in total. The monoisotopic (exact) mass is 309 g/mol. The van der Waals surface area contributed by atoms with E-state index in [2.05, 4.69) is 0 Å². The molecule has 122 valence electrons. The van der Waals surface area contributed by atoms with E-state index in [0.717, 1.165) is 6.29 Å². The Hall–Kier alpha value is -2.24. The third-order valence-electron chi connectivity index (χ3n) is 2.67. The molecule has 0 unspecified atom stereocenters. The lowest BCUT2D eigenvalue weighted by Gasteiger charge is -2.24. The minimum atomic E-state index is -0.530. The number of ether oxygens (including phenoxy) is 3. The first kappa shape index (κ1) is 17.8. The molecular weight excluding hydrogens is 286 g/mol. The van der Waals surface area contributed by atoms with Gasteiger partial charge in [0.05, 0.1) is 13.7 Å². The fraction of sp³-hybridized carbons (Fsp3) is 0.500. The molecule has 0 aliphatic heterocycles. The normalized spacial score (nSPS) is 10.8. The largest absolute Gasteiger partial charge is 0.497 e. The van der Waals surface area contributed by atoms with Crippen LogP contribution in [0.3, 0.4) is 0 Å². The molecule has 0 spiro atoms. The van der Waals surface area contributed by atoms with Crippen LogP contribution in [-0.2, 0) is 4.74 Å². The van der Waals surface area contributed by atoms with E-state index in [1.165, 1.54) is 12.0 Å². The highest BCUT2D eigenvalue weighted by Crippen LogP contribution is 2.21. The van der Waals surface area contributed by atoms with Crippen LogP contribution in [0.1, 0.15) is 31.1 Å². The minimum Gasteiger partial charge on any atom is -0.497 e. The van der Waals surface area contributed by atoms with Crippen molar-refractivity contribution in [3.63, 3.8) is 0 Å². The number of rotatable bonds is 6. The van der Waals surface area contributed by atoms with Crippen molar-refractivity contribution in [3.05, 3.63) is 23.8 Å². The molecular formula is C16H23NO5. The molecule has 0 heterocycles. The van der Waals surface area contributed by atoms with Crippen molar-refractivity contribution in [1.29, 1.82) is 0 Å². The summed E-state index contributed by atoms with van der Waals surface area (Å²) in [5, 5.41) is 0. The molecule has 0 radical (unpaired) electrons. The zero-order valence-electron chi connectivity index (χ0n) is 13.7. The fourth-order valence-corrected chi connectivity index (χ4v) is 1.59. The molecule has 1 aromatic rings. The zero-order valence-corrected chi connectivity index (χ0v) is 13.7. The van der Waals surface area contributed by atoms with Crippen LogP contribution in [-0.4, -0.2) is 50.2 Å². The Bertz CT molecular complexity index is 522. The van der Waals surface area contributed by atoms with Gasteiger partial charge in [0.1, 0.15) is 30.0 Å².